The van der Waals surface area contributed by atoms with Crippen molar-refractivity contribution in [3.63, 3.8) is 0 Å². The predicted molar refractivity (Wildman–Crippen MR) is 136 cm³/mol. The molecule has 2 N–H and O–H groups in total. The number of anilines is 3. The Bertz CT molecular complexity index is 982. The van der Waals surface area contributed by atoms with Crippen molar-refractivity contribution in [3.8, 4) is 0 Å². The van der Waals surface area contributed by atoms with Gasteiger partial charge in [-0.05, 0) is 56.9 Å². The number of likely N-dealkylation sites (N-methyl/N-ethyl adjacent to an activating group) is 1. The first-order valence-corrected chi connectivity index (χ1v) is 11.9. The van der Waals surface area contributed by atoms with Crippen LogP contribution < -0.4 is 20.4 Å². The summed E-state index contributed by atoms with van der Waals surface area (Å²) in [7, 11) is 4.07. The monoisotopic (exact) mass is 432 g/mol. The minimum atomic E-state index is 0.431. The highest BCUT2D eigenvalue weighted by molar-refractivity contribution is 5.90. The summed E-state index contributed by atoms with van der Waals surface area (Å²) in [4.78, 5) is 14.1. The van der Waals surface area contributed by atoms with E-state index >= 15 is 0 Å². The van der Waals surface area contributed by atoms with E-state index in [2.05, 4.69) is 69.8 Å². The van der Waals surface area contributed by atoms with Gasteiger partial charge in [0.25, 0.3) is 0 Å². The van der Waals surface area contributed by atoms with Crippen molar-refractivity contribution in [2.45, 2.75) is 44.7 Å². The highest BCUT2D eigenvalue weighted by Crippen LogP contribution is 2.26. The molecule has 0 radical (unpaired) electrons. The van der Waals surface area contributed by atoms with Crippen LogP contribution in [0.1, 0.15) is 32.6 Å². The van der Waals surface area contributed by atoms with Gasteiger partial charge in [0.15, 0.2) is 0 Å². The molecule has 170 valence electrons. The van der Waals surface area contributed by atoms with E-state index < -0.39 is 0 Å². The largest absolute Gasteiger partial charge is 0.371 e. The van der Waals surface area contributed by atoms with Crippen LogP contribution in [0.15, 0.2) is 54.6 Å². The molecular weight excluding hydrogens is 396 g/mol. The lowest BCUT2D eigenvalue weighted by molar-refractivity contribution is 0.355. The molecule has 32 heavy (non-hydrogen) atoms. The zero-order valence-electron chi connectivity index (χ0n) is 19.6. The van der Waals surface area contributed by atoms with Gasteiger partial charge in [-0.2, -0.15) is 4.98 Å². The van der Waals surface area contributed by atoms with E-state index in [1.54, 1.807) is 0 Å². The summed E-state index contributed by atoms with van der Waals surface area (Å²) in [6.07, 6.45) is 4.65. The van der Waals surface area contributed by atoms with E-state index in [-0.39, 0.29) is 0 Å². The fraction of sp³-hybridized carbons (Fsp3) is 0.462. The second kappa shape index (κ2) is 10.6. The topological polar surface area (TPSA) is 56.3 Å². The van der Waals surface area contributed by atoms with E-state index in [9.17, 15) is 0 Å². The van der Waals surface area contributed by atoms with Crippen molar-refractivity contribution in [1.82, 2.24) is 15.3 Å². The van der Waals surface area contributed by atoms with Crippen LogP contribution in [0.25, 0.3) is 10.9 Å². The van der Waals surface area contributed by atoms with Gasteiger partial charge in [-0.1, -0.05) is 30.3 Å². The van der Waals surface area contributed by atoms with E-state index in [1.165, 1.54) is 18.5 Å². The van der Waals surface area contributed by atoms with Gasteiger partial charge >= 0.3 is 0 Å². The number of hydrogen-bond acceptors (Lipinski definition) is 6. The van der Waals surface area contributed by atoms with E-state index in [4.69, 9.17) is 9.97 Å². The van der Waals surface area contributed by atoms with Crippen LogP contribution in [-0.4, -0.2) is 55.8 Å². The summed E-state index contributed by atoms with van der Waals surface area (Å²) in [6.45, 7) is 5.31. The number of hydrogen-bond donors (Lipinski definition) is 2. The second-order valence-electron chi connectivity index (χ2n) is 8.84. The smallest absolute Gasteiger partial charge is 0.225 e. The SMILES string of the molecule is CCN(CCNC1CCC(Nc2nc(N(C)C)c3ccccc3n2)CC1)c1ccccc1. The fourth-order valence-corrected chi connectivity index (χ4v) is 4.60. The second-order valence-corrected chi connectivity index (χ2v) is 8.84. The first-order chi connectivity index (χ1) is 15.6. The number of benzene rings is 2. The van der Waals surface area contributed by atoms with Gasteiger partial charge in [0.2, 0.25) is 5.95 Å². The van der Waals surface area contributed by atoms with Crippen LogP contribution in [-0.2, 0) is 0 Å². The molecule has 0 saturated heterocycles. The molecule has 0 unspecified atom stereocenters. The molecule has 1 aliphatic carbocycles. The van der Waals surface area contributed by atoms with Crippen molar-refractivity contribution in [3.05, 3.63) is 54.6 Å². The Kier molecular flexibility index (Phi) is 7.43. The Hall–Kier alpha value is -2.86. The summed E-state index contributed by atoms with van der Waals surface area (Å²) in [5.74, 6) is 1.71. The minimum Gasteiger partial charge on any atom is -0.371 e. The maximum atomic E-state index is 4.80. The fourth-order valence-electron chi connectivity index (χ4n) is 4.60. The summed E-state index contributed by atoms with van der Waals surface area (Å²) in [5, 5.41) is 8.48. The number of nitrogens with one attached hydrogen (secondary N) is 2. The van der Waals surface area contributed by atoms with Gasteiger partial charge in [0, 0.05) is 56.9 Å². The molecule has 1 aliphatic rings. The first-order valence-electron chi connectivity index (χ1n) is 11.9. The summed E-state index contributed by atoms with van der Waals surface area (Å²) >= 11 is 0. The van der Waals surface area contributed by atoms with Crippen molar-refractivity contribution >= 4 is 28.4 Å². The van der Waals surface area contributed by atoms with Crippen LogP contribution >= 0.6 is 0 Å². The van der Waals surface area contributed by atoms with Crippen LogP contribution in [0.5, 0.6) is 0 Å². The Labute approximate surface area is 192 Å². The average molecular weight is 433 g/mol. The number of fused-ring (bicyclic) bond motifs is 1. The third-order valence-corrected chi connectivity index (χ3v) is 6.38. The van der Waals surface area contributed by atoms with Crippen LogP contribution in [0.2, 0.25) is 0 Å². The molecule has 0 bridgehead atoms. The lowest BCUT2D eigenvalue weighted by atomic mass is 9.91. The van der Waals surface area contributed by atoms with E-state index in [1.807, 2.05) is 26.2 Å². The first kappa shape index (κ1) is 22.3. The summed E-state index contributed by atoms with van der Waals surface area (Å²) in [6, 6.07) is 19.9. The van der Waals surface area contributed by atoms with Crippen LogP contribution in [0.4, 0.5) is 17.5 Å². The quantitative estimate of drug-likeness (QED) is 0.518. The minimum absolute atomic E-state index is 0.431. The molecule has 0 amide bonds. The van der Waals surface area contributed by atoms with Gasteiger partial charge in [0.1, 0.15) is 5.82 Å². The lowest BCUT2D eigenvalue weighted by Gasteiger charge is -2.31. The average Bonchev–Trinajstić information content (AvgIpc) is 2.83. The zero-order valence-corrected chi connectivity index (χ0v) is 19.6. The normalized spacial score (nSPS) is 18.5. The van der Waals surface area contributed by atoms with Gasteiger partial charge in [-0.25, -0.2) is 4.98 Å². The van der Waals surface area contributed by atoms with Gasteiger partial charge in [0.05, 0.1) is 5.52 Å². The molecule has 4 rings (SSSR count). The molecule has 1 saturated carbocycles. The van der Waals surface area contributed by atoms with Gasteiger partial charge < -0.3 is 20.4 Å². The molecule has 1 fully saturated rings. The van der Waals surface area contributed by atoms with Gasteiger partial charge in [-0.15, -0.1) is 0 Å². The molecule has 3 aromatic rings. The maximum Gasteiger partial charge on any atom is 0.225 e. The van der Waals surface area contributed by atoms with Crippen molar-refractivity contribution in [2.24, 2.45) is 0 Å². The lowest BCUT2D eigenvalue weighted by Crippen LogP contribution is -2.41. The maximum absolute atomic E-state index is 4.80. The molecule has 0 aliphatic heterocycles. The Morgan fingerprint density at radius 2 is 1.56 bits per heavy atom. The third kappa shape index (κ3) is 5.49. The Balaban J connectivity index is 1.27. The standard InChI is InChI=1S/C26H36N6/c1-4-32(22-10-6-5-7-11-22)19-18-27-20-14-16-21(17-15-20)28-26-29-24-13-9-8-12-23(24)25(30-26)31(2)3/h5-13,20-21,27H,4,14-19H2,1-3H3,(H,28,29,30). The van der Waals surface area contributed by atoms with E-state index in [0.29, 0.717) is 12.1 Å². The number of aromatic nitrogens is 2. The molecule has 6 nitrogen and oxygen atoms in total. The molecule has 1 aromatic heterocycles. The molecule has 0 spiro atoms. The third-order valence-electron chi connectivity index (χ3n) is 6.38. The summed E-state index contributed by atoms with van der Waals surface area (Å²) in [5.41, 5.74) is 2.29. The predicted octanol–water partition coefficient (Wildman–Crippen LogP) is 4.54. The molecule has 1 heterocycles. The van der Waals surface area contributed by atoms with Crippen LogP contribution in [0.3, 0.4) is 0 Å². The van der Waals surface area contributed by atoms with Crippen molar-refractivity contribution in [1.29, 1.82) is 0 Å². The zero-order chi connectivity index (χ0) is 22.3. The molecule has 0 atom stereocenters. The Morgan fingerprint density at radius 3 is 2.28 bits per heavy atom. The molecule has 2 aromatic carbocycles. The van der Waals surface area contributed by atoms with E-state index in [0.717, 1.165) is 55.1 Å². The Morgan fingerprint density at radius 1 is 0.875 bits per heavy atom. The highest BCUT2D eigenvalue weighted by atomic mass is 15.2. The number of nitrogens with zero attached hydrogens (tertiary/aromatic N) is 4. The molecular formula is C26H36N6. The number of para-hydroxylation sites is 2. The highest BCUT2D eigenvalue weighted by Gasteiger charge is 2.22. The number of rotatable bonds is 9. The van der Waals surface area contributed by atoms with Crippen molar-refractivity contribution < 1.29 is 0 Å². The van der Waals surface area contributed by atoms with Crippen LogP contribution in [0, 0.1) is 0 Å². The van der Waals surface area contributed by atoms with Crippen molar-refractivity contribution in [2.75, 3.05) is 48.8 Å². The molecule has 6 heteroatoms. The summed E-state index contributed by atoms with van der Waals surface area (Å²) < 4.78 is 0. The van der Waals surface area contributed by atoms with Gasteiger partial charge in [-0.3, -0.25) is 0 Å².